The van der Waals surface area contributed by atoms with Gasteiger partial charge in [0.15, 0.2) is 0 Å². The molecule has 0 aliphatic rings. The second kappa shape index (κ2) is 8.92. The minimum Gasteiger partial charge on any atom is -0.467 e. The van der Waals surface area contributed by atoms with Crippen LogP contribution in [0.3, 0.4) is 0 Å². The topological polar surface area (TPSA) is 74.6 Å². The molecule has 0 aliphatic carbocycles. The van der Waals surface area contributed by atoms with E-state index in [9.17, 15) is 9.59 Å². The van der Waals surface area contributed by atoms with Gasteiger partial charge in [0, 0.05) is 24.8 Å². The molecule has 0 aliphatic heterocycles. The van der Waals surface area contributed by atoms with Crippen molar-refractivity contribution in [2.75, 3.05) is 25.0 Å². The monoisotopic (exact) mass is 343 g/mol. The maximum atomic E-state index is 12.1. The predicted molar refractivity (Wildman–Crippen MR) is 97.4 cm³/mol. The summed E-state index contributed by atoms with van der Waals surface area (Å²) in [6.07, 6.45) is 1.55. The van der Waals surface area contributed by atoms with Gasteiger partial charge in [0.2, 0.25) is 5.91 Å². The summed E-state index contributed by atoms with van der Waals surface area (Å²) in [6.45, 7) is 5.50. The Balaban J connectivity index is 1.79. The molecular weight excluding hydrogens is 318 g/mol. The van der Waals surface area contributed by atoms with Crippen LogP contribution in [0.1, 0.15) is 30.0 Å². The van der Waals surface area contributed by atoms with E-state index < -0.39 is 0 Å². The fourth-order valence-corrected chi connectivity index (χ4v) is 2.44. The van der Waals surface area contributed by atoms with Crippen LogP contribution in [0.25, 0.3) is 0 Å². The van der Waals surface area contributed by atoms with Crippen molar-refractivity contribution in [3.63, 3.8) is 0 Å². The van der Waals surface area contributed by atoms with Crippen LogP contribution in [0, 0.1) is 5.92 Å². The van der Waals surface area contributed by atoms with Crippen molar-refractivity contribution >= 4 is 17.5 Å². The molecule has 1 aromatic heterocycles. The lowest BCUT2D eigenvalue weighted by Crippen LogP contribution is -2.36. The zero-order valence-electron chi connectivity index (χ0n) is 14.9. The summed E-state index contributed by atoms with van der Waals surface area (Å²) in [6, 6.07) is 10.9. The fraction of sp³-hybridized carbons (Fsp3) is 0.368. The molecule has 0 bridgehead atoms. The molecule has 0 saturated carbocycles. The first kappa shape index (κ1) is 18.6. The number of nitrogens with one attached hydrogen (secondary N) is 2. The molecule has 6 heteroatoms. The number of rotatable bonds is 8. The van der Waals surface area contributed by atoms with Crippen molar-refractivity contribution in [2.45, 2.75) is 20.4 Å². The highest BCUT2D eigenvalue weighted by Crippen LogP contribution is 2.15. The zero-order chi connectivity index (χ0) is 18.2. The third-order valence-electron chi connectivity index (χ3n) is 3.66. The Hall–Kier alpha value is -2.76. The highest BCUT2D eigenvalue weighted by Gasteiger charge is 2.09. The van der Waals surface area contributed by atoms with Crippen LogP contribution >= 0.6 is 0 Å². The molecule has 0 fully saturated rings. The summed E-state index contributed by atoms with van der Waals surface area (Å²) < 4.78 is 5.13. The predicted octanol–water partition coefficient (Wildman–Crippen LogP) is 2.42. The van der Waals surface area contributed by atoms with Gasteiger partial charge < -0.3 is 20.0 Å². The van der Waals surface area contributed by atoms with E-state index >= 15 is 0 Å². The van der Waals surface area contributed by atoms with Gasteiger partial charge in [-0.15, -0.1) is 0 Å². The average molecular weight is 343 g/mol. The summed E-state index contributed by atoms with van der Waals surface area (Å²) in [4.78, 5) is 26.0. The molecule has 1 heterocycles. The molecular formula is C19H25N3O3. The van der Waals surface area contributed by atoms with Crippen molar-refractivity contribution in [1.82, 2.24) is 10.6 Å². The SMILES string of the molecule is CC(C)CN(C)c1ccc(C(=O)NCC(=O)NCc2ccco2)cc1. The lowest BCUT2D eigenvalue weighted by Gasteiger charge is -2.21. The Labute approximate surface area is 148 Å². The lowest BCUT2D eigenvalue weighted by atomic mass is 10.1. The Morgan fingerprint density at radius 2 is 1.84 bits per heavy atom. The summed E-state index contributed by atoms with van der Waals surface area (Å²) in [5, 5.41) is 5.29. The Morgan fingerprint density at radius 3 is 2.44 bits per heavy atom. The molecule has 0 atom stereocenters. The highest BCUT2D eigenvalue weighted by molar-refractivity contribution is 5.96. The van der Waals surface area contributed by atoms with Gasteiger partial charge in [0.05, 0.1) is 19.4 Å². The van der Waals surface area contributed by atoms with Crippen molar-refractivity contribution in [3.05, 3.63) is 54.0 Å². The van der Waals surface area contributed by atoms with Crippen LogP contribution in [0.15, 0.2) is 47.1 Å². The Bertz CT molecular complexity index is 678. The number of hydrogen-bond acceptors (Lipinski definition) is 4. The fourth-order valence-electron chi connectivity index (χ4n) is 2.44. The standard InChI is InChI=1S/C19H25N3O3/c1-14(2)13-22(3)16-8-6-15(7-9-16)19(24)21-12-18(23)20-11-17-5-4-10-25-17/h4-10,14H,11-13H2,1-3H3,(H,20,23)(H,21,24). The third-order valence-corrected chi connectivity index (χ3v) is 3.66. The van der Waals surface area contributed by atoms with E-state index in [4.69, 9.17) is 4.42 Å². The van der Waals surface area contributed by atoms with E-state index in [1.165, 1.54) is 0 Å². The van der Waals surface area contributed by atoms with Crippen molar-refractivity contribution in [3.8, 4) is 0 Å². The summed E-state index contributed by atoms with van der Waals surface area (Å²) in [7, 11) is 2.03. The van der Waals surface area contributed by atoms with Gasteiger partial charge in [-0.1, -0.05) is 13.8 Å². The first-order chi connectivity index (χ1) is 12.0. The maximum Gasteiger partial charge on any atom is 0.251 e. The molecule has 25 heavy (non-hydrogen) atoms. The lowest BCUT2D eigenvalue weighted by molar-refractivity contribution is -0.120. The van der Waals surface area contributed by atoms with Crippen LogP contribution in [0.2, 0.25) is 0 Å². The second-order valence-electron chi connectivity index (χ2n) is 6.36. The average Bonchev–Trinajstić information content (AvgIpc) is 3.11. The largest absolute Gasteiger partial charge is 0.467 e. The number of carbonyl (C=O) groups is 2. The number of anilines is 1. The molecule has 2 amide bonds. The number of nitrogens with zero attached hydrogens (tertiary/aromatic N) is 1. The van der Waals surface area contributed by atoms with Gasteiger partial charge in [-0.05, 0) is 42.3 Å². The van der Waals surface area contributed by atoms with Crippen LogP contribution in [-0.4, -0.2) is 32.0 Å². The van der Waals surface area contributed by atoms with Gasteiger partial charge in [-0.3, -0.25) is 9.59 Å². The number of furan rings is 1. The number of hydrogen-bond donors (Lipinski definition) is 2. The molecule has 1 aromatic carbocycles. The van der Waals surface area contributed by atoms with Crippen LogP contribution in [-0.2, 0) is 11.3 Å². The summed E-state index contributed by atoms with van der Waals surface area (Å²) >= 11 is 0. The normalized spacial score (nSPS) is 10.6. The third kappa shape index (κ3) is 5.99. The Kier molecular flexibility index (Phi) is 6.62. The van der Waals surface area contributed by atoms with Crippen molar-refractivity contribution in [2.24, 2.45) is 5.92 Å². The van der Waals surface area contributed by atoms with Crippen LogP contribution in [0.5, 0.6) is 0 Å². The summed E-state index contributed by atoms with van der Waals surface area (Å²) in [5.41, 5.74) is 1.59. The van der Waals surface area contributed by atoms with Gasteiger partial charge in [-0.2, -0.15) is 0 Å². The molecule has 0 saturated heterocycles. The van der Waals surface area contributed by atoms with Gasteiger partial charge in [-0.25, -0.2) is 0 Å². The minimum atomic E-state index is -0.272. The van der Waals surface area contributed by atoms with E-state index in [1.807, 2.05) is 19.2 Å². The van der Waals surface area contributed by atoms with Gasteiger partial charge in [0.1, 0.15) is 5.76 Å². The van der Waals surface area contributed by atoms with Crippen molar-refractivity contribution in [1.29, 1.82) is 0 Å². The first-order valence-electron chi connectivity index (χ1n) is 8.34. The first-order valence-corrected chi connectivity index (χ1v) is 8.34. The highest BCUT2D eigenvalue weighted by atomic mass is 16.3. The van der Waals surface area contributed by atoms with E-state index in [1.54, 1.807) is 30.5 Å². The van der Waals surface area contributed by atoms with Crippen molar-refractivity contribution < 1.29 is 14.0 Å². The van der Waals surface area contributed by atoms with Crippen LogP contribution < -0.4 is 15.5 Å². The van der Waals surface area contributed by atoms with Gasteiger partial charge in [0.25, 0.3) is 5.91 Å². The molecule has 2 N–H and O–H groups in total. The molecule has 134 valence electrons. The second-order valence-corrected chi connectivity index (χ2v) is 6.36. The minimum absolute atomic E-state index is 0.0749. The number of benzene rings is 1. The molecule has 2 aromatic rings. The summed E-state index contributed by atoms with van der Waals surface area (Å²) in [5.74, 6) is 0.692. The molecule has 6 nitrogen and oxygen atoms in total. The zero-order valence-corrected chi connectivity index (χ0v) is 14.9. The van der Waals surface area contributed by atoms with E-state index in [0.29, 0.717) is 23.8 Å². The molecule has 2 rings (SSSR count). The van der Waals surface area contributed by atoms with E-state index in [0.717, 1.165) is 12.2 Å². The molecule has 0 unspecified atom stereocenters. The number of carbonyl (C=O) groups excluding carboxylic acids is 2. The quantitative estimate of drug-likeness (QED) is 0.772. The van der Waals surface area contributed by atoms with E-state index in [2.05, 4.69) is 29.4 Å². The molecule has 0 spiro atoms. The molecule has 0 radical (unpaired) electrons. The van der Waals surface area contributed by atoms with E-state index in [-0.39, 0.29) is 18.4 Å². The van der Waals surface area contributed by atoms with Crippen LogP contribution in [0.4, 0.5) is 5.69 Å². The maximum absolute atomic E-state index is 12.1. The van der Waals surface area contributed by atoms with Gasteiger partial charge >= 0.3 is 0 Å². The Morgan fingerprint density at radius 1 is 1.12 bits per heavy atom. The number of amides is 2. The smallest absolute Gasteiger partial charge is 0.251 e.